The van der Waals surface area contributed by atoms with Crippen LogP contribution in [0.1, 0.15) is 32.1 Å². The number of amides is 1. The van der Waals surface area contributed by atoms with Crippen LogP contribution in [0.5, 0.6) is 0 Å². The fourth-order valence-electron chi connectivity index (χ4n) is 1.57. The summed E-state index contributed by atoms with van der Waals surface area (Å²) in [5.41, 5.74) is 5.39. The molecule has 12 heavy (non-hydrogen) atoms. The standard InChI is InChI=1S/C9H16N2O/c10-6-9(4-5-9)8(12)11-7-2-1-3-7/h7H,1-6,10H2,(H,11,12). The Hall–Kier alpha value is -0.570. The third kappa shape index (κ3) is 1.22. The fraction of sp³-hybridized carbons (Fsp3) is 0.889. The van der Waals surface area contributed by atoms with Crippen molar-refractivity contribution < 1.29 is 4.79 Å². The summed E-state index contributed by atoms with van der Waals surface area (Å²) in [6, 6.07) is 0.460. The molecule has 2 aliphatic rings. The Morgan fingerprint density at radius 1 is 1.50 bits per heavy atom. The number of nitrogens with one attached hydrogen (secondary N) is 1. The van der Waals surface area contributed by atoms with Crippen molar-refractivity contribution in [3.63, 3.8) is 0 Å². The number of carbonyl (C=O) groups excluding carboxylic acids is 1. The summed E-state index contributed by atoms with van der Waals surface area (Å²) in [6.07, 6.45) is 5.56. The van der Waals surface area contributed by atoms with Crippen molar-refractivity contribution in [2.45, 2.75) is 38.1 Å². The zero-order chi connectivity index (χ0) is 8.60. The van der Waals surface area contributed by atoms with E-state index in [-0.39, 0.29) is 11.3 Å². The molecule has 0 bridgehead atoms. The van der Waals surface area contributed by atoms with E-state index in [0.717, 1.165) is 25.7 Å². The lowest BCUT2D eigenvalue weighted by Crippen LogP contribution is -2.45. The molecule has 2 fully saturated rings. The molecule has 0 atom stereocenters. The highest BCUT2D eigenvalue weighted by atomic mass is 16.2. The largest absolute Gasteiger partial charge is 0.353 e. The van der Waals surface area contributed by atoms with Gasteiger partial charge >= 0.3 is 0 Å². The molecule has 2 saturated carbocycles. The first-order chi connectivity index (χ1) is 5.77. The van der Waals surface area contributed by atoms with Crippen molar-refractivity contribution in [1.82, 2.24) is 5.32 Å². The molecule has 0 unspecified atom stereocenters. The van der Waals surface area contributed by atoms with Crippen LogP contribution in [-0.2, 0) is 4.79 Å². The van der Waals surface area contributed by atoms with Crippen LogP contribution in [0.4, 0.5) is 0 Å². The van der Waals surface area contributed by atoms with Crippen molar-refractivity contribution >= 4 is 5.91 Å². The van der Waals surface area contributed by atoms with E-state index < -0.39 is 0 Å². The predicted molar refractivity (Wildman–Crippen MR) is 46.5 cm³/mol. The van der Waals surface area contributed by atoms with Gasteiger partial charge < -0.3 is 11.1 Å². The Kier molecular flexibility index (Phi) is 1.83. The Morgan fingerprint density at radius 2 is 2.17 bits per heavy atom. The van der Waals surface area contributed by atoms with E-state index in [1.54, 1.807) is 0 Å². The second kappa shape index (κ2) is 2.73. The molecule has 0 aromatic carbocycles. The van der Waals surface area contributed by atoms with Crippen molar-refractivity contribution in [3.05, 3.63) is 0 Å². The lowest BCUT2D eigenvalue weighted by Gasteiger charge is -2.28. The van der Waals surface area contributed by atoms with Crippen LogP contribution in [0.3, 0.4) is 0 Å². The van der Waals surface area contributed by atoms with Crippen LogP contribution in [0.2, 0.25) is 0 Å². The maximum absolute atomic E-state index is 11.6. The molecule has 0 saturated heterocycles. The van der Waals surface area contributed by atoms with Crippen molar-refractivity contribution in [1.29, 1.82) is 0 Å². The van der Waals surface area contributed by atoms with Crippen LogP contribution in [-0.4, -0.2) is 18.5 Å². The van der Waals surface area contributed by atoms with E-state index in [1.165, 1.54) is 6.42 Å². The molecule has 3 heteroatoms. The lowest BCUT2D eigenvalue weighted by atomic mass is 9.92. The quantitative estimate of drug-likeness (QED) is 0.640. The Bertz CT molecular complexity index is 195. The van der Waals surface area contributed by atoms with Gasteiger partial charge in [0, 0.05) is 12.6 Å². The molecule has 0 radical (unpaired) electrons. The first-order valence-electron chi connectivity index (χ1n) is 4.78. The highest BCUT2D eigenvalue weighted by molar-refractivity contribution is 5.85. The average Bonchev–Trinajstić information content (AvgIpc) is 2.76. The van der Waals surface area contributed by atoms with Crippen LogP contribution in [0, 0.1) is 5.41 Å². The Balaban J connectivity index is 1.83. The van der Waals surface area contributed by atoms with E-state index in [2.05, 4.69) is 5.32 Å². The molecule has 0 spiro atoms. The zero-order valence-electron chi connectivity index (χ0n) is 7.31. The van der Waals surface area contributed by atoms with Gasteiger partial charge in [-0.1, -0.05) is 0 Å². The Labute approximate surface area is 72.7 Å². The lowest BCUT2D eigenvalue weighted by molar-refractivity contribution is -0.127. The van der Waals surface area contributed by atoms with Gasteiger partial charge in [-0.2, -0.15) is 0 Å². The Morgan fingerprint density at radius 3 is 2.50 bits per heavy atom. The van der Waals surface area contributed by atoms with Crippen molar-refractivity contribution in [2.24, 2.45) is 11.1 Å². The van der Waals surface area contributed by atoms with Crippen molar-refractivity contribution in [2.75, 3.05) is 6.54 Å². The molecule has 0 aromatic rings. The number of nitrogens with two attached hydrogens (primary N) is 1. The molecule has 0 heterocycles. The van der Waals surface area contributed by atoms with E-state index in [4.69, 9.17) is 5.73 Å². The average molecular weight is 168 g/mol. The third-order valence-electron chi connectivity index (χ3n) is 3.17. The van der Waals surface area contributed by atoms with E-state index >= 15 is 0 Å². The van der Waals surface area contributed by atoms with Crippen LogP contribution in [0.15, 0.2) is 0 Å². The second-order valence-electron chi connectivity index (χ2n) is 4.09. The summed E-state index contributed by atoms with van der Waals surface area (Å²) in [5, 5.41) is 3.05. The highest BCUT2D eigenvalue weighted by Crippen LogP contribution is 2.45. The molecule has 3 nitrogen and oxygen atoms in total. The first-order valence-corrected chi connectivity index (χ1v) is 4.78. The van der Waals surface area contributed by atoms with E-state index in [9.17, 15) is 4.79 Å². The highest BCUT2D eigenvalue weighted by Gasteiger charge is 2.49. The molecule has 1 amide bonds. The second-order valence-corrected chi connectivity index (χ2v) is 4.09. The van der Waals surface area contributed by atoms with Gasteiger partial charge in [0.05, 0.1) is 5.41 Å². The molecule has 0 aromatic heterocycles. The monoisotopic (exact) mass is 168 g/mol. The van der Waals surface area contributed by atoms with Crippen molar-refractivity contribution in [3.8, 4) is 0 Å². The summed E-state index contributed by atoms with van der Waals surface area (Å²) in [5.74, 6) is 0.203. The van der Waals surface area contributed by atoms with Gasteiger partial charge in [-0.15, -0.1) is 0 Å². The summed E-state index contributed by atoms with van der Waals surface area (Å²) in [4.78, 5) is 11.6. The minimum atomic E-state index is -0.157. The van der Waals surface area contributed by atoms with Crippen LogP contribution >= 0.6 is 0 Å². The van der Waals surface area contributed by atoms with Gasteiger partial charge in [0.25, 0.3) is 0 Å². The third-order valence-corrected chi connectivity index (χ3v) is 3.17. The normalized spacial score (nSPS) is 26.1. The van der Waals surface area contributed by atoms with Gasteiger partial charge in [0.1, 0.15) is 0 Å². The van der Waals surface area contributed by atoms with Crippen LogP contribution in [0.25, 0.3) is 0 Å². The molecule has 2 aliphatic carbocycles. The molecule has 3 N–H and O–H groups in total. The number of hydrogen-bond acceptors (Lipinski definition) is 2. The topological polar surface area (TPSA) is 55.1 Å². The van der Waals surface area contributed by atoms with Gasteiger partial charge in [-0.3, -0.25) is 4.79 Å². The summed E-state index contributed by atoms with van der Waals surface area (Å²) in [6.45, 7) is 0.519. The minimum Gasteiger partial charge on any atom is -0.353 e. The van der Waals surface area contributed by atoms with Gasteiger partial charge in [0.15, 0.2) is 0 Å². The zero-order valence-corrected chi connectivity index (χ0v) is 7.31. The molecule has 2 rings (SSSR count). The summed E-state index contributed by atoms with van der Waals surface area (Å²) >= 11 is 0. The summed E-state index contributed by atoms with van der Waals surface area (Å²) < 4.78 is 0. The minimum absolute atomic E-state index is 0.157. The molecule has 0 aliphatic heterocycles. The van der Waals surface area contributed by atoms with Crippen LogP contribution < -0.4 is 11.1 Å². The predicted octanol–water partition coefficient (Wildman–Crippen LogP) is 0.394. The molecule has 68 valence electrons. The SMILES string of the molecule is NCC1(C(=O)NC2CCC2)CC1. The number of hydrogen-bond donors (Lipinski definition) is 2. The summed E-state index contributed by atoms with van der Waals surface area (Å²) in [7, 11) is 0. The van der Waals surface area contributed by atoms with Gasteiger partial charge in [-0.05, 0) is 32.1 Å². The number of rotatable bonds is 3. The van der Waals surface area contributed by atoms with E-state index in [0.29, 0.717) is 12.6 Å². The van der Waals surface area contributed by atoms with Gasteiger partial charge in [0.2, 0.25) is 5.91 Å². The first kappa shape index (κ1) is 8.05. The smallest absolute Gasteiger partial charge is 0.227 e. The van der Waals surface area contributed by atoms with Gasteiger partial charge in [-0.25, -0.2) is 0 Å². The van der Waals surface area contributed by atoms with E-state index in [1.807, 2.05) is 0 Å². The maximum Gasteiger partial charge on any atom is 0.227 e. The fourth-order valence-corrected chi connectivity index (χ4v) is 1.57. The molecular weight excluding hydrogens is 152 g/mol. The maximum atomic E-state index is 11.6. The molecular formula is C9H16N2O. The number of carbonyl (C=O) groups is 1.